The van der Waals surface area contributed by atoms with Crippen molar-refractivity contribution in [3.8, 4) is 0 Å². The maximum atomic E-state index is 10.9. The molecule has 98 valence electrons. The molecule has 0 atom stereocenters. The monoisotopic (exact) mass is 296 g/mol. The van der Waals surface area contributed by atoms with E-state index in [1.165, 1.54) is 16.0 Å². The first-order valence-electron chi connectivity index (χ1n) is 6.14. The van der Waals surface area contributed by atoms with Crippen LogP contribution in [0.4, 0.5) is 0 Å². The summed E-state index contributed by atoms with van der Waals surface area (Å²) in [5, 5.41) is 10.9. The molecule has 6 heteroatoms. The third-order valence-corrected chi connectivity index (χ3v) is 4.76. The summed E-state index contributed by atoms with van der Waals surface area (Å²) in [4.78, 5) is 17.3. The number of aromatic nitrogens is 2. The minimum Gasteiger partial charge on any atom is -0.545 e. The zero-order chi connectivity index (χ0) is 13.4. The molecule has 0 aliphatic heterocycles. The van der Waals surface area contributed by atoms with E-state index in [2.05, 4.69) is 11.9 Å². The van der Waals surface area contributed by atoms with Gasteiger partial charge in [-0.25, -0.2) is 4.98 Å². The summed E-state index contributed by atoms with van der Waals surface area (Å²) in [6, 6.07) is 0. The zero-order valence-electron chi connectivity index (χ0n) is 11.5. The summed E-state index contributed by atoms with van der Waals surface area (Å²) in [5.74, 6) is -1.05. The molecule has 1 aliphatic carbocycles. The van der Waals surface area contributed by atoms with Crippen LogP contribution in [0.15, 0.2) is 24.3 Å². The maximum absolute atomic E-state index is 10.9. The van der Waals surface area contributed by atoms with E-state index in [1.54, 1.807) is 29.9 Å². The van der Waals surface area contributed by atoms with Gasteiger partial charge in [-0.05, 0) is 42.5 Å². The Bertz CT molecular complexity index is 659. The largest absolute Gasteiger partial charge is 1.00 e. The molecule has 0 unspecified atom stereocenters. The summed E-state index contributed by atoms with van der Waals surface area (Å²) in [6.45, 7) is 2.90. The van der Waals surface area contributed by atoms with E-state index in [9.17, 15) is 9.90 Å². The van der Waals surface area contributed by atoms with Gasteiger partial charge in [0.05, 0.1) is 18.8 Å². The standard InChI is InChI=1S/C14H14N2O2S.Na/c1-9-11-3-2-10(14(17)18)6-12(11)19-13(9)7-16-5-4-15-8-16;/h4-6,8H,2-3,7H2,1H3,(H,17,18);/q;+1/p-1. The molecule has 0 aromatic carbocycles. The molecule has 20 heavy (non-hydrogen) atoms. The van der Waals surface area contributed by atoms with Crippen LogP contribution in [0.2, 0.25) is 0 Å². The Morgan fingerprint density at radius 1 is 1.50 bits per heavy atom. The fourth-order valence-electron chi connectivity index (χ4n) is 2.40. The Balaban J connectivity index is 0.00000147. The number of hydrogen-bond donors (Lipinski definition) is 0. The average Bonchev–Trinajstić information content (AvgIpc) is 2.99. The van der Waals surface area contributed by atoms with Gasteiger partial charge in [0.1, 0.15) is 0 Å². The Labute approximate surface area is 143 Å². The van der Waals surface area contributed by atoms with E-state index in [1.807, 2.05) is 10.8 Å². The number of aliphatic carboxylic acids is 1. The summed E-state index contributed by atoms with van der Waals surface area (Å²) >= 11 is 1.67. The van der Waals surface area contributed by atoms with Crippen molar-refractivity contribution in [3.63, 3.8) is 0 Å². The van der Waals surface area contributed by atoms with E-state index >= 15 is 0 Å². The second-order valence-electron chi connectivity index (χ2n) is 4.69. The van der Waals surface area contributed by atoms with Gasteiger partial charge in [0.15, 0.2) is 0 Å². The molecule has 0 radical (unpaired) electrons. The van der Waals surface area contributed by atoms with Gasteiger partial charge >= 0.3 is 29.6 Å². The first-order valence-corrected chi connectivity index (χ1v) is 6.95. The number of carbonyl (C=O) groups excluding carboxylic acids is 1. The zero-order valence-corrected chi connectivity index (χ0v) is 14.4. The summed E-state index contributed by atoms with van der Waals surface area (Å²) in [6.07, 6.45) is 8.61. The number of carboxylic acid groups (broad SMARTS) is 1. The number of hydrogen-bond acceptors (Lipinski definition) is 4. The predicted molar refractivity (Wildman–Crippen MR) is 71.7 cm³/mol. The van der Waals surface area contributed by atoms with E-state index in [-0.39, 0.29) is 29.6 Å². The SMILES string of the molecule is Cc1c(Cn2ccnc2)sc2c1CCC(C(=O)[O-])=C2.[Na+]. The van der Waals surface area contributed by atoms with Gasteiger partial charge < -0.3 is 14.5 Å². The normalized spacial score (nSPS) is 13.3. The van der Waals surface area contributed by atoms with Crippen LogP contribution in [0.1, 0.15) is 27.3 Å². The topological polar surface area (TPSA) is 58.0 Å². The Hall–Kier alpha value is -0.880. The second kappa shape index (κ2) is 6.26. The number of carbonyl (C=O) groups is 1. The van der Waals surface area contributed by atoms with E-state index < -0.39 is 5.97 Å². The van der Waals surface area contributed by atoms with E-state index in [0.29, 0.717) is 12.0 Å². The van der Waals surface area contributed by atoms with Crippen LogP contribution in [0, 0.1) is 6.92 Å². The molecular weight excluding hydrogens is 283 g/mol. The van der Waals surface area contributed by atoms with Crippen molar-refractivity contribution in [2.75, 3.05) is 0 Å². The first-order chi connectivity index (χ1) is 9.15. The molecule has 4 nitrogen and oxygen atoms in total. The third kappa shape index (κ3) is 2.91. The van der Waals surface area contributed by atoms with Crippen LogP contribution >= 0.6 is 11.3 Å². The van der Waals surface area contributed by atoms with Gasteiger partial charge in [0.25, 0.3) is 0 Å². The number of rotatable bonds is 3. The molecule has 1 aliphatic rings. The molecule has 0 saturated carbocycles. The van der Waals surface area contributed by atoms with Crippen LogP contribution in [0.25, 0.3) is 6.08 Å². The third-order valence-electron chi connectivity index (χ3n) is 3.50. The molecule has 2 heterocycles. The molecule has 2 aromatic rings. The quantitative estimate of drug-likeness (QED) is 0.640. The van der Waals surface area contributed by atoms with Crippen molar-refractivity contribution in [1.29, 1.82) is 0 Å². The molecule has 0 amide bonds. The van der Waals surface area contributed by atoms with Crippen LogP contribution in [-0.4, -0.2) is 15.5 Å². The van der Waals surface area contributed by atoms with Crippen molar-refractivity contribution >= 4 is 23.4 Å². The molecule has 0 N–H and O–H groups in total. The van der Waals surface area contributed by atoms with Crippen LogP contribution in [0.3, 0.4) is 0 Å². The molecule has 2 aromatic heterocycles. The van der Waals surface area contributed by atoms with Crippen molar-refractivity contribution in [2.24, 2.45) is 0 Å². The number of thiophene rings is 1. The second-order valence-corrected chi connectivity index (χ2v) is 5.82. The summed E-state index contributed by atoms with van der Waals surface area (Å²) in [5.41, 5.74) is 2.97. The number of imidazole rings is 1. The first kappa shape index (κ1) is 15.5. The number of nitrogens with zero attached hydrogens (tertiary/aromatic N) is 2. The van der Waals surface area contributed by atoms with Crippen molar-refractivity contribution < 1.29 is 39.5 Å². The minimum absolute atomic E-state index is 0. The fraction of sp³-hybridized carbons (Fsp3) is 0.286. The number of carboxylic acids is 1. The van der Waals surface area contributed by atoms with Crippen LogP contribution < -0.4 is 34.7 Å². The molecular formula is C14H13N2NaO2S. The Kier molecular flexibility index (Phi) is 4.86. The van der Waals surface area contributed by atoms with Crippen molar-refractivity contribution in [1.82, 2.24) is 9.55 Å². The average molecular weight is 296 g/mol. The van der Waals surface area contributed by atoms with Gasteiger partial charge in [0, 0.05) is 22.1 Å². The Morgan fingerprint density at radius 2 is 2.30 bits per heavy atom. The van der Waals surface area contributed by atoms with Crippen molar-refractivity contribution in [2.45, 2.75) is 26.3 Å². The molecule has 0 spiro atoms. The maximum Gasteiger partial charge on any atom is 1.00 e. The summed E-state index contributed by atoms with van der Waals surface area (Å²) < 4.78 is 2.02. The molecule has 0 fully saturated rings. The predicted octanol–water partition coefficient (Wildman–Crippen LogP) is -1.62. The van der Waals surface area contributed by atoms with Gasteiger partial charge in [-0.1, -0.05) is 0 Å². The Morgan fingerprint density at radius 3 is 2.95 bits per heavy atom. The van der Waals surface area contributed by atoms with Gasteiger partial charge in [-0.15, -0.1) is 11.3 Å². The van der Waals surface area contributed by atoms with Crippen LogP contribution in [0.5, 0.6) is 0 Å². The van der Waals surface area contributed by atoms with E-state index in [0.717, 1.165) is 17.8 Å². The van der Waals surface area contributed by atoms with Gasteiger partial charge in [-0.2, -0.15) is 0 Å². The minimum atomic E-state index is -1.05. The smallest absolute Gasteiger partial charge is 0.545 e. The van der Waals surface area contributed by atoms with Gasteiger partial charge in [-0.3, -0.25) is 0 Å². The summed E-state index contributed by atoms with van der Waals surface area (Å²) in [7, 11) is 0. The van der Waals surface area contributed by atoms with Crippen molar-refractivity contribution in [3.05, 3.63) is 45.2 Å². The molecule has 0 saturated heterocycles. The number of fused-ring (bicyclic) bond motifs is 1. The van der Waals surface area contributed by atoms with Gasteiger partial charge in [0.2, 0.25) is 0 Å². The van der Waals surface area contributed by atoms with E-state index in [4.69, 9.17) is 0 Å². The molecule has 3 rings (SSSR count). The molecule has 0 bridgehead atoms. The van der Waals surface area contributed by atoms with Crippen LogP contribution in [-0.2, 0) is 17.8 Å². The fourth-order valence-corrected chi connectivity index (χ4v) is 3.73.